The topological polar surface area (TPSA) is 78.9 Å². The Kier molecular flexibility index (Phi) is 62.6. The summed E-state index contributed by atoms with van der Waals surface area (Å²) in [6.45, 7) is 6.53. The van der Waals surface area contributed by atoms with Crippen LogP contribution in [0.3, 0.4) is 0 Å². The van der Waals surface area contributed by atoms with Crippen LogP contribution in [-0.2, 0) is 28.6 Å². The number of carbonyl (C=O) groups is 3. The maximum atomic E-state index is 12.9. The summed E-state index contributed by atoms with van der Waals surface area (Å²) in [7, 11) is 0. The van der Waals surface area contributed by atoms with Gasteiger partial charge in [-0.15, -0.1) is 0 Å². The van der Waals surface area contributed by atoms with E-state index >= 15 is 0 Å². The van der Waals surface area contributed by atoms with E-state index in [1.165, 1.54) is 231 Å². The van der Waals surface area contributed by atoms with E-state index in [1.807, 2.05) is 0 Å². The average Bonchev–Trinajstić information content (AvgIpc) is 3.42. The molecule has 0 aliphatic heterocycles. The van der Waals surface area contributed by atoms with E-state index in [1.54, 1.807) is 0 Å². The lowest BCUT2D eigenvalue weighted by Crippen LogP contribution is -2.30. The Labute approximate surface area is 473 Å². The molecule has 6 heteroatoms. The zero-order valence-corrected chi connectivity index (χ0v) is 51.0. The Bertz CT molecular complexity index is 1310. The Balaban J connectivity index is 4.03. The van der Waals surface area contributed by atoms with Gasteiger partial charge in [0.05, 0.1) is 0 Å². The summed E-state index contributed by atoms with van der Waals surface area (Å²) in [5.41, 5.74) is 0. The summed E-state index contributed by atoms with van der Waals surface area (Å²) in [4.78, 5) is 38.1. The summed E-state index contributed by atoms with van der Waals surface area (Å²) < 4.78 is 16.9. The smallest absolute Gasteiger partial charge is 0.306 e. The van der Waals surface area contributed by atoms with Crippen LogP contribution in [0, 0.1) is 0 Å². The predicted octanol–water partition coefficient (Wildman–Crippen LogP) is 22.9. The summed E-state index contributed by atoms with van der Waals surface area (Å²) in [5.74, 6) is -0.867. The first-order valence-corrected chi connectivity index (χ1v) is 33.6. The van der Waals surface area contributed by atoms with Gasteiger partial charge in [-0.05, 0) is 57.8 Å². The van der Waals surface area contributed by atoms with Crippen LogP contribution < -0.4 is 0 Å². The van der Waals surface area contributed by atoms with Gasteiger partial charge in [0.25, 0.3) is 0 Å². The minimum Gasteiger partial charge on any atom is -0.462 e. The van der Waals surface area contributed by atoms with Crippen molar-refractivity contribution in [3.8, 4) is 0 Å². The number of hydrogen-bond donors (Lipinski definition) is 0. The third-order valence-corrected chi connectivity index (χ3v) is 15.1. The third kappa shape index (κ3) is 62.2. The molecule has 0 saturated carbocycles. The molecule has 0 fully saturated rings. The first kappa shape index (κ1) is 73.4. The molecular formula is C70H128O6. The second-order valence-corrected chi connectivity index (χ2v) is 22.7. The number of unbranched alkanes of at least 4 members (excludes halogenated alkanes) is 43. The highest BCUT2D eigenvalue weighted by atomic mass is 16.6. The molecule has 6 nitrogen and oxygen atoms in total. The van der Waals surface area contributed by atoms with Crippen LogP contribution >= 0.6 is 0 Å². The Morgan fingerprint density at radius 3 is 0.803 bits per heavy atom. The summed E-state index contributed by atoms with van der Waals surface area (Å²) >= 11 is 0. The highest BCUT2D eigenvalue weighted by molar-refractivity contribution is 5.71. The highest BCUT2D eigenvalue weighted by Gasteiger charge is 2.19. The average molecular weight is 1070 g/mol. The lowest BCUT2D eigenvalue weighted by molar-refractivity contribution is -0.167. The predicted molar refractivity (Wildman–Crippen MR) is 330 cm³/mol. The molecule has 1 atom stereocenters. The quantitative estimate of drug-likeness (QED) is 0.0261. The Morgan fingerprint density at radius 1 is 0.276 bits per heavy atom. The molecular weight excluding hydrogens is 937 g/mol. The zero-order valence-electron chi connectivity index (χ0n) is 51.0. The lowest BCUT2D eigenvalue weighted by atomic mass is 10.0. The van der Waals surface area contributed by atoms with Gasteiger partial charge in [-0.3, -0.25) is 14.4 Å². The van der Waals surface area contributed by atoms with Crippen molar-refractivity contribution < 1.29 is 28.6 Å². The minimum atomic E-state index is -0.774. The lowest BCUT2D eigenvalue weighted by Gasteiger charge is -2.18. The third-order valence-electron chi connectivity index (χ3n) is 15.1. The molecule has 0 spiro atoms. The number of carbonyl (C=O) groups excluding carboxylic acids is 3. The summed E-state index contributed by atoms with van der Waals surface area (Å²) in [6.07, 6.45) is 81.7. The van der Waals surface area contributed by atoms with Crippen LogP contribution in [0.15, 0.2) is 48.6 Å². The fourth-order valence-electron chi connectivity index (χ4n) is 10.1. The number of ether oxygens (including phenoxy) is 3. The number of rotatable bonds is 62. The van der Waals surface area contributed by atoms with Crippen LogP contribution in [0.1, 0.15) is 361 Å². The Hall–Kier alpha value is -2.63. The highest BCUT2D eigenvalue weighted by Crippen LogP contribution is 2.18. The number of hydrogen-bond acceptors (Lipinski definition) is 6. The van der Waals surface area contributed by atoms with Crippen LogP contribution in [0.5, 0.6) is 0 Å². The molecule has 1 unspecified atom stereocenters. The van der Waals surface area contributed by atoms with E-state index in [4.69, 9.17) is 14.2 Å². The normalized spacial score (nSPS) is 12.3. The molecule has 0 aromatic carbocycles. The largest absolute Gasteiger partial charge is 0.462 e. The SMILES string of the molecule is CC/C=C\C/C=C\C/C=C\C/C=C\CCCCCCCCCCC(=O)OC(COC(=O)CCCCCCCCC)COC(=O)CCCCCCCCCCCCCCCCCCCCCCCCCCCCCCCC. The second kappa shape index (κ2) is 64.9. The number of allylic oxidation sites excluding steroid dienone is 8. The molecule has 0 bridgehead atoms. The molecule has 0 saturated heterocycles. The van der Waals surface area contributed by atoms with E-state index in [2.05, 4.69) is 69.4 Å². The van der Waals surface area contributed by atoms with Gasteiger partial charge >= 0.3 is 17.9 Å². The van der Waals surface area contributed by atoms with Crippen molar-refractivity contribution in [3.63, 3.8) is 0 Å². The van der Waals surface area contributed by atoms with Crippen molar-refractivity contribution in [2.75, 3.05) is 13.2 Å². The van der Waals surface area contributed by atoms with Gasteiger partial charge in [-0.1, -0.05) is 333 Å². The summed E-state index contributed by atoms with van der Waals surface area (Å²) in [5, 5.41) is 0. The molecule has 0 radical (unpaired) electrons. The number of esters is 3. The fraction of sp³-hybridized carbons (Fsp3) is 0.843. The van der Waals surface area contributed by atoms with E-state index in [-0.39, 0.29) is 31.1 Å². The first-order chi connectivity index (χ1) is 37.5. The molecule has 0 aliphatic rings. The van der Waals surface area contributed by atoms with Crippen molar-refractivity contribution in [1.29, 1.82) is 0 Å². The van der Waals surface area contributed by atoms with Crippen molar-refractivity contribution in [3.05, 3.63) is 48.6 Å². The van der Waals surface area contributed by atoms with Gasteiger partial charge in [0.15, 0.2) is 6.10 Å². The van der Waals surface area contributed by atoms with E-state index in [9.17, 15) is 14.4 Å². The van der Waals surface area contributed by atoms with Gasteiger partial charge < -0.3 is 14.2 Å². The monoisotopic (exact) mass is 1060 g/mol. The van der Waals surface area contributed by atoms with Gasteiger partial charge in [0, 0.05) is 19.3 Å². The van der Waals surface area contributed by atoms with Gasteiger partial charge in [0.1, 0.15) is 13.2 Å². The van der Waals surface area contributed by atoms with Crippen LogP contribution in [0.25, 0.3) is 0 Å². The first-order valence-electron chi connectivity index (χ1n) is 33.6. The molecule has 0 heterocycles. The maximum Gasteiger partial charge on any atom is 0.306 e. The zero-order chi connectivity index (χ0) is 55.0. The van der Waals surface area contributed by atoms with Crippen molar-refractivity contribution in [2.24, 2.45) is 0 Å². The van der Waals surface area contributed by atoms with Crippen molar-refractivity contribution in [1.82, 2.24) is 0 Å². The van der Waals surface area contributed by atoms with Crippen LogP contribution in [-0.4, -0.2) is 37.2 Å². The summed E-state index contributed by atoms with van der Waals surface area (Å²) in [6, 6.07) is 0. The molecule has 0 rings (SSSR count). The fourth-order valence-corrected chi connectivity index (χ4v) is 10.1. The molecule has 0 N–H and O–H groups in total. The molecule has 0 aromatic heterocycles. The van der Waals surface area contributed by atoms with Gasteiger partial charge in [-0.25, -0.2) is 0 Å². The molecule has 76 heavy (non-hydrogen) atoms. The van der Waals surface area contributed by atoms with Gasteiger partial charge in [-0.2, -0.15) is 0 Å². The van der Waals surface area contributed by atoms with Crippen molar-refractivity contribution >= 4 is 17.9 Å². The van der Waals surface area contributed by atoms with Gasteiger partial charge in [0.2, 0.25) is 0 Å². The van der Waals surface area contributed by atoms with Crippen LogP contribution in [0.2, 0.25) is 0 Å². The van der Waals surface area contributed by atoms with Crippen molar-refractivity contribution in [2.45, 2.75) is 367 Å². The Morgan fingerprint density at radius 2 is 0.513 bits per heavy atom. The molecule has 0 aliphatic carbocycles. The minimum absolute atomic E-state index is 0.0723. The standard InChI is InChI=1S/C70H128O6/c1-4-7-10-13-16-18-20-22-24-26-28-30-31-32-33-34-35-36-37-38-40-41-43-45-47-49-51-54-57-60-63-69(72)75-66-67(65-74-68(71)62-59-56-53-15-12-9-6-3)76-70(73)64-61-58-55-52-50-48-46-44-42-39-29-27-25-23-21-19-17-14-11-8-5-2/h8,11,17,19,23,25,29,39,67H,4-7,9-10,12-16,18,20-22,24,26-28,30-38,40-66H2,1-3H3/b11-8-,19-17-,25-23-,39-29-. The van der Waals surface area contributed by atoms with E-state index in [0.29, 0.717) is 19.3 Å². The maximum absolute atomic E-state index is 12.9. The molecule has 0 aromatic rings. The van der Waals surface area contributed by atoms with E-state index in [0.717, 1.165) is 89.9 Å². The van der Waals surface area contributed by atoms with Crippen LogP contribution in [0.4, 0.5) is 0 Å². The molecule has 0 amide bonds. The molecule has 444 valence electrons. The van der Waals surface area contributed by atoms with E-state index < -0.39 is 6.10 Å². The second-order valence-electron chi connectivity index (χ2n) is 22.7.